The molecule has 0 atom stereocenters. The second-order valence-corrected chi connectivity index (χ2v) is 5.48. The van der Waals surface area contributed by atoms with E-state index in [9.17, 15) is 13.6 Å². The van der Waals surface area contributed by atoms with E-state index in [0.29, 0.717) is 16.9 Å². The predicted octanol–water partition coefficient (Wildman–Crippen LogP) is 4.66. The highest BCUT2D eigenvalue weighted by molar-refractivity contribution is 6.05. The van der Waals surface area contributed by atoms with Gasteiger partial charge in [0, 0.05) is 18.0 Å². The highest BCUT2D eigenvalue weighted by Gasteiger charge is 2.10. The van der Waals surface area contributed by atoms with Gasteiger partial charge in [-0.1, -0.05) is 18.2 Å². The summed E-state index contributed by atoms with van der Waals surface area (Å²) >= 11 is 0. The molecule has 2 N–H and O–H groups in total. The lowest BCUT2D eigenvalue weighted by Crippen LogP contribution is -2.13. The Morgan fingerprint density at radius 1 is 1.00 bits per heavy atom. The van der Waals surface area contributed by atoms with E-state index in [-0.39, 0.29) is 11.6 Å². The number of pyridine rings is 1. The van der Waals surface area contributed by atoms with Crippen LogP contribution in [0.25, 0.3) is 0 Å². The van der Waals surface area contributed by atoms with E-state index in [1.165, 1.54) is 18.5 Å². The van der Waals surface area contributed by atoms with Gasteiger partial charge in [0.1, 0.15) is 11.6 Å². The molecule has 6 heteroatoms. The second kappa shape index (κ2) is 7.09. The van der Waals surface area contributed by atoms with Crippen molar-refractivity contribution in [3.8, 4) is 0 Å². The van der Waals surface area contributed by atoms with Crippen molar-refractivity contribution in [1.82, 2.24) is 4.98 Å². The van der Waals surface area contributed by atoms with Crippen LogP contribution in [0.4, 0.5) is 25.8 Å². The summed E-state index contributed by atoms with van der Waals surface area (Å²) in [4.78, 5) is 16.4. The van der Waals surface area contributed by atoms with Gasteiger partial charge in [0.15, 0.2) is 0 Å². The lowest BCUT2D eigenvalue weighted by molar-refractivity contribution is 0.102. The van der Waals surface area contributed by atoms with Gasteiger partial charge in [-0.2, -0.15) is 0 Å². The number of nitrogens with one attached hydrogen (secondary N) is 2. The fraction of sp³-hybridized carbons (Fsp3) is 0.0526. The van der Waals surface area contributed by atoms with E-state index in [1.54, 1.807) is 12.1 Å². The quantitative estimate of drug-likeness (QED) is 0.727. The van der Waals surface area contributed by atoms with Gasteiger partial charge < -0.3 is 10.6 Å². The Kier molecular flexibility index (Phi) is 4.70. The van der Waals surface area contributed by atoms with Crippen molar-refractivity contribution in [3.05, 3.63) is 83.7 Å². The molecular formula is C19H15F2N3O. The summed E-state index contributed by atoms with van der Waals surface area (Å²) in [7, 11) is 0. The molecule has 0 saturated carbocycles. The Morgan fingerprint density at radius 3 is 2.56 bits per heavy atom. The van der Waals surface area contributed by atoms with E-state index in [4.69, 9.17) is 0 Å². The van der Waals surface area contributed by atoms with E-state index in [1.807, 2.05) is 25.1 Å². The van der Waals surface area contributed by atoms with Crippen LogP contribution in [0.3, 0.4) is 0 Å². The third-order valence-electron chi connectivity index (χ3n) is 3.60. The zero-order chi connectivity index (χ0) is 17.8. The molecule has 0 aliphatic rings. The molecule has 126 valence electrons. The van der Waals surface area contributed by atoms with Crippen LogP contribution in [-0.4, -0.2) is 10.9 Å². The molecular weight excluding hydrogens is 324 g/mol. The zero-order valence-electron chi connectivity index (χ0n) is 13.4. The summed E-state index contributed by atoms with van der Waals surface area (Å²) in [5.74, 6) is -1.72. The molecule has 0 spiro atoms. The number of halogens is 2. The van der Waals surface area contributed by atoms with Gasteiger partial charge >= 0.3 is 0 Å². The van der Waals surface area contributed by atoms with Crippen LogP contribution < -0.4 is 10.6 Å². The predicted molar refractivity (Wildman–Crippen MR) is 93.0 cm³/mol. The number of hydrogen-bond donors (Lipinski definition) is 2. The lowest BCUT2D eigenvalue weighted by atomic mass is 10.2. The molecule has 2 aromatic carbocycles. The number of aryl methyl sites for hydroxylation is 1. The zero-order valence-corrected chi connectivity index (χ0v) is 13.4. The maximum absolute atomic E-state index is 13.7. The molecule has 3 aromatic rings. The summed E-state index contributed by atoms with van der Waals surface area (Å²) in [6.45, 7) is 1.89. The first kappa shape index (κ1) is 16.6. The summed E-state index contributed by atoms with van der Waals surface area (Å²) in [6.07, 6.45) is 2.87. The van der Waals surface area contributed by atoms with E-state index in [0.717, 1.165) is 17.7 Å². The molecule has 0 aliphatic heterocycles. The first-order valence-electron chi connectivity index (χ1n) is 7.57. The third-order valence-corrected chi connectivity index (χ3v) is 3.60. The van der Waals surface area contributed by atoms with Crippen LogP contribution in [0, 0.1) is 18.6 Å². The van der Waals surface area contributed by atoms with Crippen molar-refractivity contribution in [3.63, 3.8) is 0 Å². The van der Waals surface area contributed by atoms with Crippen molar-refractivity contribution in [2.45, 2.75) is 6.92 Å². The molecule has 0 bridgehead atoms. The number of aromatic nitrogens is 1. The van der Waals surface area contributed by atoms with Crippen molar-refractivity contribution < 1.29 is 13.6 Å². The molecule has 25 heavy (non-hydrogen) atoms. The highest BCUT2D eigenvalue weighted by Crippen LogP contribution is 2.21. The van der Waals surface area contributed by atoms with Gasteiger partial charge in [-0.25, -0.2) is 8.78 Å². The van der Waals surface area contributed by atoms with Gasteiger partial charge in [0.25, 0.3) is 5.91 Å². The first-order valence-corrected chi connectivity index (χ1v) is 7.57. The van der Waals surface area contributed by atoms with Crippen LogP contribution in [-0.2, 0) is 0 Å². The number of para-hydroxylation sites is 1. The fourth-order valence-corrected chi connectivity index (χ4v) is 2.29. The molecule has 1 amide bonds. The minimum absolute atomic E-state index is 0.0969. The average molecular weight is 339 g/mol. The number of benzene rings is 2. The Labute approximate surface area is 143 Å². The number of rotatable bonds is 4. The Hall–Kier alpha value is -3.28. The minimum Gasteiger partial charge on any atom is -0.352 e. The standard InChI is InChI=1S/C19H15F2N3O/c1-12-4-2-3-5-17(12)24-19(25)13-8-15(11-22-10-13)23-18-7-6-14(20)9-16(18)21/h2-11,23H,1H3,(H,24,25). The summed E-state index contributed by atoms with van der Waals surface area (Å²) in [5, 5.41) is 5.59. The number of hydrogen-bond acceptors (Lipinski definition) is 3. The van der Waals surface area contributed by atoms with Crippen LogP contribution in [0.2, 0.25) is 0 Å². The number of amides is 1. The van der Waals surface area contributed by atoms with Crippen molar-refractivity contribution >= 4 is 23.0 Å². The second-order valence-electron chi connectivity index (χ2n) is 5.48. The molecule has 0 aliphatic carbocycles. The number of carbonyl (C=O) groups excluding carboxylic acids is 1. The Morgan fingerprint density at radius 2 is 1.80 bits per heavy atom. The van der Waals surface area contributed by atoms with Crippen LogP contribution in [0.1, 0.15) is 15.9 Å². The van der Waals surface area contributed by atoms with Gasteiger partial charge in [-0.15, -0.1) is 0 Å². The van der Waals surface area contributed by atoms with E-state index in [2.05, 4.69) is 15.6 Å². The summed E-state index contributed by atoms with van der Waals surface area (Å²) in [5.41, 5.74) is 2.47. The van der Waals surface area contributed by atoms with Crippen molar-refractivity contribution in [1.29, 1.82) is 0 Å². The minimum atomic E-state index is -0.727. The average Bonchev–Trinajstić information content (AvgIpc) is 2.60. The normalized spacial score (nSPS) is 10.4. The van der Waals surface area contributed by atoms with Gasteiger partial charge in [-0.3, -0.25) is 9.78 Å². The van der Waals surface area contributed by atoms with E-state index < -0.39 is 11.6 Å². The third kappa shape index (κ3) is 3.98. The molecule has 0 unspecified atom stereocenters. The lowest BCUT2D eigenvalue weighted by Gasteiger charge is -2.10. The number of carbonyl (C=O) groups is 1. The maximum Gasteiger partial charge on any atom is 0.257 e. The van der Waals surface area contributed by atoms with E-state index >= 15 is 0 Å². The molecule has 1 aromatic heterocycles. The van der Waals surface area contributed by atoms with Gasteiger partial charge in [0.2, 0.25) is 0 Å². The molecule has 0 fully saturated rings. The first-order chi connectivity index (χ1) is 12.0. The van der Waals surface area contributed by atoms with Crippen LogP contribution in [0.5, 0.6) is 0 Å². The van der Waals surface area contributed by atoms with Gasteiger partial charge in [0.05, 0.1) is 23.1 Å². The number of nitrogens with zero attached hydrogens (tertiary/aromatic N) is 1. The smallest absolute Gasteiger partial charge is 0.257 e. The van der Waals surface area contributed by atoms with Crippen LogP contribution >= 0.6 is 0 Å². The summed E-state index contributed by atoms with van der Waals surface area (Å²) < 4.78 is 26.7. The maximum atomic E-state index is 13.7. The Balaban J connectivity index is 1.79. The molecule has 0 saturated heterocycles. The fourth-order valence-electron chi connectivity index (χ4n) is 2.29. The molecule has 4 nitrogen and oxygen atoms in total. The van der Waals surface area contributed by atoms with Gasteiger partial charge in [-0.05, 0) is 36.8 Å². The largest absolute Gasteiger partial charge is 0.352 e. The van der Waals surface area contributed by atoms with Crippen molar-refractivity contribution in [2.75, 3.05) is 10.6 Å². The SMILES string of the molecule is Cc1ccccc1NC(=O)c1cncc(Nc2ccc(F)cc2F)c1. The molecule has 3 rings (SSSR count). The molecule has 1 heterocycles. The van der Waals surface area contributed by atoms with Crippen LogP contribution in [0.15, 0.2) is 60.9 Å². The summed E-state index contributed by atoms with van der Waals surface area (Å²) in [6, 6.07) is 12.2. The van der Waals surface area contributed by atoms with Crippen molar-refractivity contribution in [2.24, 2.45) is 0 Å². The molecule has 0 radical (unpaired) electrons. The Bertz CT molecular complexity index is 928. The topological polar surface area (TPSA) is 54.0 Å². The highest BCUT2D eigenvalue weighted by atomic mass is 19.1. The monoisotopic (exact) mass is 339 g/mol. The number of anilines is 3.